The van der Waals surface area contributed by atoms with Crippen LogP contribution in [0.2, 0.25) is 18.1 Å². The molecule has 0 bridgehead atoms. The summed E-state index contributed by atoms with van der Waals surface area (Å²) in [6.07, 6.45) is 4.16. The second-order valence-electron chi connectivity index (χ2n) is 6.82. The van der Waals surface area contributed by atoms with Crippen LogP contribution in [-0.4, -0.2) is 130 Å². The molecule has 0 aromatic heterocycles. The Labute approximate surface area is 167 Å². The molecule has 0 radical (unpaired) electrons. The molecule has 0 aromatic carbocycles. The van der Waals surface area contributed by atoms with E-state index in [9.17, 15) is 0 Å². The van der Waals surface area contributed by atoms with Crippen molar-refractivity contribution in [1.82, 2.24) is 14.7 Å². The van der Waals surface area contributed by atoms with E-state index in [1.54, 1.807) is 0 Å². The molecule has 25 heavy (non-hydrogen) atoms. The predicted octanol–water partition coefficient (Wildman–Crippen LogP) is -2.89. The smallest absolute Gasteiger partial charge is 0.402 e. The highest BCUT2D eigenvalue weighted by atomic mass is 28.2. The first-order chi connectivity index (χ1) is 11.5. The average molecular weight is 414 g/mol. The van der Waals surface area contributed by atoms with Gasteiger partial charge in [0.1, 0.15) is 0 Å². The van der Waals surface area contributed by atoms with Crippen LogP contribution < -0.4 is 0 Å². The standard InChI is InChI=1S/3C5H15NSi.BH3O3/c3*1-6(2)4-3-5-7;2-1(3)4/h3*3-5H2,1-2,7H3;2-4H. The lowest BCUT2D eigenvalue weighted by Gasteiger charge is -2.05. The molecule has 6 nitrogen and oxygen atoms in total. The maximum absolute atomic E-state index is 7.17. The van der Waals surface area contributed by atoms with Gasteiger partial charge < -0.3 is 29.8 Å². The molecule has 0 unspecified atom stereocenters. The lowest BCUT2D eigenvalue weighted by Crippen LogP contribution is -2.12. The first-order valence-corrected chi connectivity index (χ1v) is 13.8. The Morgan fingerprint density at radius 1 is 0.560 bits per heavy atom. The Morgan fingerprint density at radius 2 is 0.720 bits per heavy atom. The third-order valence-electron chi connectivity index (χ3n) is 2.88. The van der Waals surface area contributed by atoms with E-state index in [2.05, 4.69) is 57.0 Å². The van der Waals surface area contributed by atoms with Crippen molar-refractivity contribution < 1.29 is 15.1 Å². The summed E-state index contributed by atoms with van der Waals surface area (Å²) in [5.41, 5.74) is 0. The zero-order valence-electron chi connectivity index (χ0n) is 18.6. The molecular weight excluding hydrogens is 365 g/mol. The third kappa shape index (κ3) is 79.4. The molecule has 3 N–H and O–H groups in total. The molecule has 0 amide bonds. The van der Waals surface area contributed by atoms with E-state index in [1.165, 1.54) is 87.8 Å². The normalized spacial score (nSPS) is 10.1. The number of rotatable bonds is 9. The van der Waals surface area contributed by atoms with E-state index < -0.39 is 7.32 Å². The van der Waals surface area contributed by atoms with Crippen LogP contribution >= 0.6 is 0 Å². The van der Waals surface area contributed by atoms with Gasteiger partial charge in [0.25, 0.3) is 0 Å². The fourth-order valence-electron chi connectivity index (χ4n) is 1.42. The summed E-state index contributed by atoms with van der Waals surface area (Å²) < 4.78 is 0. The molecule has 0 aliphatic carbocycles. The molecular formula is C15H48BN3O3Si3. The van der Waals surface area contributed by atoms with Gasteiger partial charge in [-0.2, -0.15) is 0 Å². The highest BCUT2D eigenvalue weighted by Gasteiger charge is 1.92. The zero-order chi connectivity index (χ0) is 20.7. The number of nitrogens with zero attached hydrogens (tertiary/aromatic N) is 3. The minimum atomic E-state index is -2.17. The topological polar surface area (TPSA) is 70.4 Å². The summed E-state index contributed by atoms with van der Waals surface area (Å²) in [6, 6.07) is 4.33. The van der Waals surface area contributed by atoms with Gasteiger partial charge in [-0.3, -0.25) is 0 Å². The Balaban J connectivity index is -0.000000120. The first-order valence-electron chi connectivity index (χ1n) is 9.53. The average Bonchev–Trinajstić information content (AvgIpc) is 2.49. The lowest BCUT2D eigenvalue weighted by atomic mass is 10.3. The summed E-state index contributed by atoms with van der Waals surface area (Å²) in [5, 5.41) is 21.5. The molecule has 0 aliphatic heterocycles. The van der Waals surface area contributed by atoms with E-state index in [0.29, 0.717) is 0 Å². The SMILES string of the molecule is CN(C)CCC[SiH3].CN(C)CCC[SiH3].CN(C)CCC[SiH3].OB(O)O. The molecule has 0 saturated carbocycles. The van der Waals surface area contributed by atoms with Crippen LogP contribution in [-0.2, 0) is 0 Å². The van der Waals surface area contributed by atoms with E-state index in [1.807, 2.05) is 0 Å². The summed E-state index contributed by atoms with van der Waals surface area (Å²) >= 11 is 0. The Bertz CT molecular complexity index is 188. The molecule has 156 valence electrons. The van der Waals surface area contributed by atoms with Gasteiger partial charge in [0.15, 0.2) is 0 Å². The van der Waals surface area contributed by atoms with E-state index in [-0.39, 0.29) is 0 Å². The first kappa shape index (κ1) is 33.1. The predicted molar refractivity (Wildman–Crippen MR) is 126 cm³/mol. The largest absolute Gasteiger partial charge is 0.631 e. The van der Waals surface area contributed by atoms with Gasteiger partial charge >= 0.3 is 7.32 Å². The Morgan fingerprint density at radius 3 is 0.760 bits per heavy atom. The molecule has 0 atom stereocenters. The summed E-state index contributed by atoms with van der Waals surface area (Å²) in [6.45, 7) is 3.80. The van der Waals surface area contributed by atoms with Crippen LogP contribution in [0.1, 0.15) is 19.3 Å². The molecule has 0 spiro atoms. The minimum Gasteiger partial charge on any atom is -0.402 e. The molecule has 0 aliphatic rings. The fourth-order valence-corrected chi connectivity index (χ4v) is 2.37. The van der Waals surface area contributed by atoms with Gasteiger partial charge in [0.2, 0.25) is 0 Å². The van der Waals surface area contributed by atoms with Crippen LogP contribution in [0.4, 0.5) is 0 Å². The van der Waals surface area contributed by atoms with Crippen molar-refractivity contribution in [2.24, 2.45) is 0 Å². The summed E-state index contributed by atoms with van der Waals surface area (Å²) in [4.78, 5) is 6.70. The number of hydrogen-bond donors (Lipinski definition) is 3. The molecule has 0 saturated heterocycles. The second kappa shape index (κ2) is 29.2. The molecule has 0 aromatic rings. The highest BCUT2D eigenvalue weighted by molar-refractivity contribution is 6.30. The Hall–Kier alpha value is 0.476. The van der Waals surface area contributed by atoms with Crippen molar-refractivity contribution in [3.05, 3.63) is 0 Å². The highest BCUT2D eigenvalue weighted by Crippen LogP contribution is 1.85. The monoisotopic (exact) mass is 413 g/mol. The van der Waals surface area contributed by atoms with Crippen LogP contribution in [0.5, 0.6) is 0 Å². The molecule has 10 heteroatoms. The van der Waals surface area contributed by atoms with E-state index in [0.717, 1.165) is 0 Å². The number of hydrogen-bond acceptors (Lipinski definition) is 6. The molecule has 0 heterocycles. The van der Waals surface area contributed by atoms with Crippen molar-refractivity contribution in [2.75, 3.05) is 61.9 Å². The minimum absolute atomic E-state index is 1.27. The van der Waals surface area contributed by atoms with Crippen LogP contribution in [0.3, 0.4) is 0 Å². The van der Waals surface area contributed by atoms with Gasteiger partial charge in [0.05, 0.1) is 0 Å². The maximum Gasteiger partial charge on any atom is 0.631 e. The van der Waals surface area contributed by atoms with Crippen molar-refractivity contribution in [3.8, 4) is 0 Å². The van der Waals surface area contributed by atoms with Crippen molar-refractivity contribution in [2.45, 2.75) is 37.4 Å². The lowest BCUT2D eigenvalue weighted by molar-refractivity contribution is 0.278. The maximum atomic E-state index is 7.17. The summed E-state index contributed by atoms with van der Waals surface area (Å²) in [5.74, 6) is 0. The summed E-state index contributed by atoms with van der Waals surface area (Å²) in [7, 11) is 14.7. The van der Waals surface area contributed by atoms with Crippen LogP contribution in [0, 0.1) is 0 Å². The third-order valence-corrected chi connectivity index (χ3v) is 5.00. The van der Waals surface area contributed by atoms with Crippen LogP contribution in [0.15, 0.2) is 0 Å². The van der Waals surface area contributed by atoms with Crippen molar-refractivity contribution in [1.29, 1.82) is 0 Å². The second-order valence-corrected chi connectivity index (χ2v) is 9.82. The van der Waals surface area contributed by atoms with Gasteiger partial charge in [-0.15, -0.1) is 0 Å². The Kier molecular flexibility index (Phi) is 38.7. The van der Waals surface area contributed by atoms with Gasteiger partial charge in [-0.05, 0) is 81.2 Å². The van der Waals surface area contributed by atoms with E-state index >= 15 is 0 Å². The molecule has 0 fully saturated rings. The van der Waals surface area contributed by atoms with Crippen molar-refractivity contribution in [3.63, 3.8) is 0 Å². The van der Waals surface area contributed by atoms with E-state index in [4.69, 9.17) is 15.1 Å². The van der Waals surface area contributed by atoms with Crippen LogP contribution in [0.25, 0.3) is 0 Å². The van der Waals surface area contributed by atoms with Gasteiger partial charge in [0, 0.05) is 30.7 Å². The van der Waals surface area contributed by atoms with Crippen molar-refractivity contribution >= 4 is 38.0 Å². The molecule has 0 rings (SSSR count). The van der Waals surface area contributed by atoms with Gasteiger partial charge in [-0.1, -0.05) is 18.1 Å². The quantitative estimate of drug-likeness (QED) is 0.353. The zero-order valence-corrected chi connectivity index (χ0v) is 24.6. The fraction of sp³-hybridized carbons (Fsp3) is 1.00. The van der Waals surface area contributed by atoms with Gasteiger partial charge in [-0.25, -0.2) is 0 Å².